The number of hydrogen-bond acceptors (Lipinski definition) is 4. The third kappa shape index (κ3) is 4.13. The van der Waals surface area contributed by atoms with Gasteiger partial charge in [-0.25, -0.2) is 0 Å². The first-order chi connectivity index (χ1) is 9.96. The molecule has 2 heterocycles. The molecule has 2 aliphatic rings. The van der Waals surface area contributed by atoms with Gasteiger partial charge in [-0.2, -0.15) is 0 Å². The van der Waals surface area contributed by atoms with Crippen LogP contribution in [0.5, 0.6) is 0 Å². The van der Waals surface area contributed by atoms with Gasteiger partial charge in [-0.05, 0) is 12.8 Å². The molecule has 120 valence electrons. The van der Waals surface area contributed by atoms with Crippen molar-refractivity contribution in [1.82, 2.24) is 9.80 Å². The summed E-state index contributed by atoms with van der Waals surface area (Å²) in [5, 5.41) is 0. The predicted molar refractivity (Wildman–Crippen MR) is 84.3 cm³/mol. The van der Waals surface area contributed by atoms with Crippen LogP contribution in [0.15, 0.2) is 0 Å². The first-order valence-corrected chi connectivity index (χ1v) is 8.68. The number of amides is 2. The third-order valence-electron chi connectivity index (χ3n) is 4.17. The zero-order valence-electron chi connectivity index (χ0n) is 13.3. The summed E-state index contributed by atoms with van der Waals surface area (Å²) >= 11 is 1.90. The van der Waals surface area contributed by atoms with Crippen molar-refractivity contribution in [2.45, 2.75) is 43.5 Å². The Morgan fingerprint density at radius 2 is 2.10 bits per heavy atom. The zero-order chi connectivity index (χ0) is 15.5. The Hall–Kier alpha value is -0.750. The minimum absolute atomic E-state index is 0.00549. The van der Waals surface area contributed by atoms with Crippen LogP contribution in [0.2, 0.25) is 0 Å². The lowest BCUT2D eigenvalue weighted by Crippen LogP contribution is -2.60. The van der Waals surface area contributed by atoms with Gasteiger partial charge in [-0.1, -0.05) is 13.3 Å². The normalized spacial score (nSPS) is 23.2. The van der Waals surface area contributed by atoms with Crippen LogP contribution >= 0.6 is 11.8 Å². The van der Waals surface area contributed by atoms with Crippen LogP contribution in [0.3, 0.4) is 0 Å². The lowest BCUT2D eigenvalue weighted by atomic mass is 9.92. The second-order valence-electron chi connectivity index (χ2n) is 6.27. The molecule has 0 N–H and O–H groups in total. The Morgan fingerprint density at radius 1 is 1.38 bits per heavy atom. The van der Waals surface area contributed by atoms with Gasteiger partial charge in [0.25, 0.3) is 0 Å². The van der Waals surface area contributed by atoms with Crippen molar-refractivity contribution in [2.75, 3.05) is 39.5 Å². The summed E-state index contributed by atoms with van der Waals surface area (Å²) in [5.41, 5.74) is 0. The number of nitrogens with zero attached hydrogens (tertiary/aromatic N) is 2. The first-order valence-electron chi connectivity index (χ1n) is 7.69. The van der Waals surface area contributed by atoms with E-state index in [0.717, 1.165) is 38.1 Å². The van der Waals surface area contributed by atoms with Gasteiger partial charge in [0.05, 0.1) is 10.9 Å². The van der Waals surface area contributed by atoms with Crippen molar-refractivity contribution in [1.29, 1.82) is 0 Å². The fourth-order valence-corrected chi connectivity index (χ4v) is 4.31. The number of rotatable bonds is 6. The Labute approximate surface area is 131 Å². The summed E-state index contributed by atoms with van der Waals surface area (Å²) in [6.07, 6.45) is 3.82. The molecule has 0 unspecified atom stereocenters. The van der Waals surface area contributed by atoms with Gasteiger partial charge in [0.15, 0.2) is 0 Å². The minimum atomic E-state index is 0.00549. The molecule has 5 nitrogen and oxygen atoms in total. The molecule has 2 aliphatic heterocycles. The summed E-state index contributed by atoms with van der Waals surface area (Å²) < 4.78 is 5.89. The SMILES string of the molecule is CCCCC(=O)N1CC2(C[C@H](OCC(=O)N(C)C)CS2)C1. The van der Waals surface area contributed by atoms with Crippen LogP contribution in [-0.2, 0) is 14.3 Å². The van der Waals surface area contributed by atoms with Crippen LogP contribution in [0, 0.1) is 0 Å². The van der Waals surface area contributed by atoms with Crippen LogP contribution in [0.4, 0.5) is 0 Å². The monoisotopic (exact) mass is 314 g/mol. The molecular weight excluding hydrogens is 288 g/mol. The van der Waals surface area contributed by atoms with Gasteiger partial charge in [0.2, 0.25) is 11.8 Å². The second-order valence-corrected chi connectivity index (χ2v) is 7.76. The van der Waals surface area contributed by atoms with E-state index < -0.39 is 0 Å². The van der Waals surface area contributed by atoms with Crippen LogP contribution in [0.1, 0.15) is 32.6 Å². The highest BCUT2D eigenvalue weighted by atomic mass is 32.2. The molecular formula is C15H26N2O3S. The Kier molecular flexibility index (Phi) is 5.54. The maximum absolute atomic E-state index is 11.9. The van der Waals surface area contributed by atoms with Gasteiger partial charge < -0.3 is 14.5 Å². The molecule has 1 atom stereocenters. The number of hydrogen-bond donors (Lipinski definition) is 0. The summed E-state index contributed by atoms with van der Waals surface area (Å²) in [6, 6.07) is 0. The third-order valence-corrected chi connectivity index (χ3v) is 5.75. The minimum Gasteiger partial charge on any atom is -0.367 e. The molecule has 0 radical (unpaired) electrons. The highest BCUT2D eigenvalue weighted by Crippen LogP contribution is 2.46. The molecule has 2 fully saturated rings. The number of carbonyl (C=O) groups excluding carboxylic acids is 2. The summed E-state index contributed by atoms with van der Waals surface area (Å²) in [5.74, 6) is 1.22. The molecule has 1 spiro atoms. The second kappa shape index (κ2) is 7.01. The molecule has 0 aliphatic carbocycles. The molecule has 0 aromatic heterocycles. The predicted octanol–water partition coefficient (Wildman–Crippen LogP) is 1.37. The average Bonchev–Trinajstić information content (AvgIpc) is 2.84. The Bertz CT molecular complexity index is 394. The van der Waals surface area contributed by atoms with Crippen molar-refractivity contribution in [2.24, 2.45) is 0 Å². The zero-order valence-corrected chi connectivity index (χ0v) is 14.1. The Balaban J connectivity index is 1.69. The van der Waals surface area contributed by atoms with Gasteiger partial charge in [0.1, 0.15) is 6.61 Å². The van der Waals surface area contributed by atoms with E-state index in [1.54, 1.807) is 19.0 Å². The van der Waals surface area contributed by atoms with E-state index in [4.69, 9.17) is 4.74 Å². The van der Waals surface area contributed by atoms with E-state index in [1.165, 1.54) is 0 Å². The van der Waals surface area contributed by atoms with Gasteiger partial charge in [0, 0.05) is 39.4 Å². The fourth-order valence-electron chi connectivity index (χ4n) is 2.76. The quantitative estimate of drug-likeness (QED) is 0.743. The van der Waals surface area contributed by atoms with E-state index in [2.05, 4.69) is 6.92 Å². The molecule has 2 rings (SSSR count). The van der Waals surface area contributed by atoms with Crippen molar-refractivity contribution in [3.63, 3.8) is 0 Å². The highest BCUT2D eigenvalue weighted by molar-refractivity contribution is 8.01. The summed E-state index contributed by atoms with van der Waals surface area (Å²) in [4.78, 5) is 27.0. The maximum atomic E-state index is 11.9. The van der Waals surface area contributed by atoms with Crippen molar-refractivity contribution in [3.05, 3.63) is 0 Å². The number of unbranched alkanes of at least 4 members (excludes halogenated alkanes) is 1. The van der Waals surface area contributed by atoms with E-state index >= 15 is 0 Å². The van der Waals surface area contributed by atoms with Crippen LogP contribution in [-0.4, -0.2) is 72.0 Å². The number of carbonyl (C=O) groups is 2. The van der Waals surface area contributed by atoms with Crippen molar-refractivity contribution >= 4 is 23.6 Å². The topological polar surface area (TPSA) is 49.9 Å². The molecule has 6 heteroatoms. The molecule has 21 heavy (non-hydrogen) atoms. The van der Waals surface area contributed by atoms with E-state index in [9.17, 15) is 9.59 Å². The molecule has 0 aromatic carbocycles. The first kappa shape index (κ1) is 16.6. The number of thioether (sulfide) groups is 1. The number of likely N-dealkylation sites (tertiary alicyclic amines) is 1. The van der Waals surface area contributed by atoms with Crippen LogP contribution in [0.25, 0.3) is 0 Å². The standard InChI is InChI=1S/C15H26N2O3S/c1-4-5-6-13(18)17-10-15(11-17)7-12(9-21-15)20-8-14(19)16(2)3/h12H,4-11H2,1-3H3/t12-/m0/s1. The Morgan fingerprint density at radius 3 is 2.71 bits per heavy atom. The molecule has 0 bridgehead atoms. The van der Waals surface area contributed by atoms with Crippen molar-refractivity contribution < 1.29 is 14.3 Å². The number of ether oxygens (including phenoxy) is 1. The fraction of sp³-hybridized carbons (Fsp3) is 0.867. The summed E-state index contributed by atoms with van der Waals surface area (Å²) in [6.45, 7) is 3.96. The lowest BCUT2D eigenvalue weighted by Gasteiger charge is -2.47. The smallest absolute Gasteiger partial charge is 0.248 e. The van der Waals surface area contributed by atoms with Gasteiger partial charge >= 0.3 is 0 Å². The highest BCUT2D eigenvalue weighted by Gasteiger charge is 2.50. The lowest BCUT2D eigenvalue weighted by molar-refractivity contribution is -0.137. The maximum Gasteiger partial charge on any atom is 0.248 e. The average molecular weight is 314 g/mol. The van der Waals surface area contributed by atoms with E-state index in [-0.39, 0.29) is 29.3 Å². The van der Waals surface area contributed by atoms with E-state index in [1.807, 2.05) is 16.7 Å². The number of likely N-dealkylation sites (N-methyl/N-ethyl adjacent to an activating group) is 1. The molecule has 2 amide bonds. The van der Waals surface area contributed by atoms with Gasteiger partial charge in [-0.3, -0.25) is 9.59 Å². The molecule has 0 aromatic rings. The summed E-state index contributed by atoms with van der Waals surface area (Å²) in [7, 11) is 3.48. The van der Waals surface area contributed by atoms with Crippen LogP contribution < -0.4 is 0 Å². The molecule has 2 saturated heterocycles. The molecule has 0 saturated carbocycles. The largest absolute Gasteiger partial charge is 0.367 e. The van der Waals surface area contributed by atoms with E-state index in [0.29, 0.717) is 6.42 Å². The van der Waals surface area contributed by atoms with Crippen molar-refractivity contribution in [3.8, 4) is 0 Å². The van der Waals surface area contributed by atoms with Gasteiger partial charge in [-0.15, -0.1) is 11.8 Å².